The maximum atomic E-state index is 11.7. The van der Waals surface area contributed by atoms with Crippen LogP contribution in [0, 0.1) is 5.92 Å². The van der Waals surface area contributed by atoms with Crippen molar-refractivity contribution in [3.63, 3.8) is 0 Å². The van der Waals surface area contributed by atoms with Gasteiger partial charge in [0.25, 0.3) is 0 Å². The first kappa shape index (κ1) is 15.8. The number of aliphatic hydroxyl groups excluding tert-OH is 1. The van der Waals surface area contributed by atoms with E-state index in [9.17, 15) is 14.7 Å². The smallest absolute Gasteiger partial charge is 0.313 e. The molecule has 0 bridgehead atoms. The number of carbonyl (C=O) groups is 2. The van der Waals surface area contributed by atoms with Gasteiger partial charge in [-0.15, -0.1) is 0 Å². The Balaban J connectivity index is 1.80. The number of para-hydroxylation sites is 1. The fourth-order valence-corrected chi connectivity index (χ4v) is 2.71. The number of carbonyl (C=O) groups excluding carboxylic acids is 2. The van der Waals surface area contributed by atoms with Crippen molar-refractivity contribution < 1.29 is 14.7 Å². The molecule has 0 spiro atoms. The maximum absolute atomic E-state index is 11.7. The van der Waals surface area contributed by atoms with Crippen molar-refractivity contribution in [2.75, 3.05) is 11.9 Å². The Hall–Kier alpha value is -1.59. The molecule has 1 aromatic carbocycles. The number of hydrogen-bond donors (Lipinski definition) is 3. The third-order valence-corrected chi connectivity index (χ3v) is 4.07. The first-order chi connectivity index (χ1) is 10.1. The van der Waals surface area contributed by atoms with Gasteiger partial charge in [-0.05, 0) is 30.9 Å². The molecule has 1 aromatic rings. The zero-order valence-electron chi connectivity index (χ0n) is 11.6. The van der Waals surface area contributed by atoms with Crippen molar-refractivity contribution >= 4 is 29.1 Å². The zero-order valence-corrected chi connectivity index (χ0v) is 12.4. The summed E-state index contributed by atoms with van der Waals surface area (Å²) >= 11 is 5.90. The minimum absolute atomic E-state index is 0.0967. The quantitative estimate of drug-likeness (QED) is 0.744. The number of rotatable bonds is 4. The summed E-state index contributed by atoms with van der Waals surface area (Å²) < 4.78 is 0. The van der Waals surface area contributed by atoms with Crippen molar-refractivity contribution in [3.8, 4) is 0 Å². The third kappa shape index (κ3) is 4.44. The minimum atomic E-state index is -0.790. The number of anilines is 1. The maximum Gasteiger partial charge on any atom is 0.313 e. The van der Waals surface area contributed by atoms with E-state index in [0.29, 0.717) is 10.7 Å². The van der Waals surface area contributed by atoms with Gasteiger partial charge in [0, 0.05) is 6.54 Å². The fourth-order valence-electron chi connectivity index (χ4n) is 2.53. The fraction of sp³-hybridized carbons (Fsp3) is 0.467. The Labute approximate surface area is 128 Å². The second-order valence-electron chi connectivity index (χ2n) is 5.26. The van der Waals surface area contributed by atoms with Crippen LogP contribution in [0.25, 0.3) is 0 Å². The summed E-state index contributed by atoms with van der Waals surface area (Å²) in [6.45, 7) is 0.0967. The van der Waals surface area contributed by atoms with Crippen molar-refractivity contribution in [2.24, 2.45) is 5.92 Å². The second-order valence-corrected chi connectivity index (χ2v) is 5.66. The van der Waals surface area contributed by atoms with Gasteiger partial charge >= 0.3 is 11.8 Å². The Bertz CT molecular complexity index is 515. The average Bonchev–Trinajstić information content (AvgIpc) is 3.01. The molecule has 0 saturated heterocycles. The average molecular weight is 311 g/mol. The summed E-state index contributed by atoms with van der Waals surface area (Å²) in [6.07, 6.45) is 3.58. The molecule has 1 unspecified atom stereocenters. The molecular formula is C15H19ClN2O3. The highest BCUT2D eigenvalue weighted by atomic mass is 35.5. The summed E-state index contributed by atoms with van der Waals surface area (Å²) in [5.41, 5.74) is 0.385. The summed E-state index contributed by atoms with van der Waals surface area (Å²) in [7, 11) is 0. The van der Waals surface area contributed by atoms with Crippen LogP contribution in [0.3, 0.4) is 0 Å². The summed E-state index contributed by atoms with van der Waals surface area (Å²) in [4.78, 5) is 23.4. The minimum Gasteiger partial charge on any atom is -0.391 e. The second kappa shape index (κ2) is 7.43. The normalized spacial score (nSPS) is 16.5. The van der Waals surface area contributed by atoms with Gasteiger partial charge in [0.05, 0.1) is 16.8 Å². The molecule has 114 valence electrons. The van der Waals surface area contributed by atoms with Crippen LogP contribution in [-0.2, 0) is 9.59 Å². The van der Waals surface area contributed by atoms with Crippen LogP contribution in [0.1, 0.15) is 25.7 Å². The molecule has 1 saturated carbocycles. The summed E-state index contributed by atoms with van der Waals surface area (Å²) in [5, 5.41) is 15.2. The van der Waals surface area contributed by atoms with E-state index in [1.54, 1.807) is 24.3 Å². The van der Waals surface area contributed by atoms with Crippen LogP contribution in [0.5, 0.6) is 0 Å². The first-order valence-corrected chi connectivity index (χ1v) is 7.47. The van der Waals surface area contributed by atoms with E-state index in [1.165, 1.54) is 0 Å². The molecule has 1 aliphatic rings. The van der Waals surface area contributed by atoms with E-state index in [2.05, 4.69) is 10.6 Å². The Morgan fingerprint density at radius 3 is 2.57 bits per heavy atom. The summed E-state index contributed by atoms with van der Waals surface area (Å²) in [5.74, 6) is -1.34. The lowest BCUT2D eigenvalue weighted by atomic mass is 10.0. The molecule has 1 fully saturated rings. The van der Waals surface area contributed by atoms with Crippen molar-refractivity contribution in [2.45, 2.75) is 31.8 Å². The van der Waals surface area contributed by atoms with E-state index in [0.717, 1.165) is 25.7 Å². The van der Waals surface area contributed by atoms with Crippen molar-refractivity contribution in [1.82, 2.24) is 5.32 Å². The number of amides is 2. The highest BCUT2D eigenvalue weighted by Crippen LogP contribution is 2.27. The lowest BCUT2D eigenvalue weighted by Gasteiger charge is -2.17. The van der Waals surface area contributed by atoms with E-state index < -0.39 is 17.9 Å². The standard InChI is InChI=1S/C15H19ClN2O3/c16-11-7-3-4-8-12(11)18-15(21)14(20)17-9-13(19)10-5-1-2-6-10/h3-4,7-8,10,13,19H,1-2,5-6,9H2,(H,17,20)(H,18,21). The molecule has 2 amide bonds. The highest BCUT2D eigenvalue weighted by Gasteiger charge is 2.24. The Morgan fingerprint density at radius 2 is 1.90 bits per heavy atom. The molecule has 0 heterocycles. The Kier molecular flexibility index (Phi) is 5.59. The number of hydrogen-bond acceptors (Lipinski definition) is 3. The molecule has 21 heavy (non-hydrogen) atoms. The molecule has 0 aromatic heterocycles. The molecule has 5 nitrogen and oxygen atoms in total. The van der Waals surface area contributed by atoms with Gasteiger partial charge in [-0.25, -0.2) is 0 Å². The van der Waals surface area contributed by atoms with Crippen LogP contribution in [0.2, 0.25) is 5.02 Å². The molecule has 3 N–H and O–H groups in total. The topological polar surface area (TPSA) is 78.4 Å². The molecule has 1 aliphatic carbocycles. The third-order valence-electron chi connectivity index (χ3n) is 3.74. The van der Waals surface area contributed by atoms with E-state index in [-0.39, 0.29) is 12.5 Å². The van der Waals surface area contributed by atoms with Crippen molar-refractivity contribution in [3.05, 3.63) is 29.3 Å². The van der Waals surface area contributed by atoms with E-state index >= 15 is 0 Å². The van der Waals surface area contributed by atoms with Gasteiger partial charge in [-0.3, -0.25) is 9.59 Å². The van der Waals surface area contributed by atoms with Crippen LogP contribution < -0.4 is 10.6 Å². The monoisotopic (exact) mass is 310 g/mol. The van der Waals surface area contributed by atoms with Gasteiger partial charge in [-0.1, -0.05) is 36.6 Å². The van der Waals surface area contributed by atoms with Crippen LogP contribution in [0.15, 0.2) is 24.3 Å². The van der Waals surface area contributed by atoms with Gasteiger partial charge in [-0.2, -0.15) is 0 Å². The molecule has 0 radical (unpaired) electrons. The lowest BCUT2D eigenvalue weighted by Crippen LogP contribution is -2.41. The largest absolute Gasteiger partial charge is 0.391 e. The molecule has 1 atom stereocenters. The number of nitrogens with one attached hydrogen (secondary N) is 2. The predicted octanol–water partition coefficient (Wildman–Crippen LogP) is 1.95. The first-order valence-electron chi connectivity index (χ1n) is 7.09. The number of benzene rings is 1. The van der Waals surface area contributed by atoms with Crippen LogP contribution >= 0.6 is 11.6 Å². The SMILES string of the molecule is O=C(NCC(O)C1CCCC1)C(=O)Nc1ccccc1Cl. The molecular weight excluding hydrogens is 292 g/mol. The number of halogens is 1. The zero-order chi connectivity index (χ0) is 15.2. The van der Waals surface area contributed by atoms with Gasteiger partial charge in [0.15, 0.2) is 0 Å². The molecule has 6 heteroatoms. The molecule has 2 rings (SSSR count). The van der Waals surface area contributed by atoms with E-state index in [1.807, 2.05) is 0 Å². The van der Waals surface area contributed by atoms with E-state index in [4.69, 9.17) is 11.6 Å². The lowest BCUT2D eigenvalue weighted by molar-refractivity contribution is -0.136. The van der Waals surface area contributed by atoms with Gasteiger partial charge in [0.2, 0.25) is 0 Å². The summed E-state index contributed by atoms with van der Waals surface area (Å²) in [6, 6.07) is 6.68. The number of aliphatic hydroxyl groups is 1. The predicted molar refractivity (Wildman–Crippen MR) is 81.1 cm³/mol. The van der Waals surface area contributed by atoms with Crippen LogP contribution in [0.4, 0.5) is 5.69 Å². The van der Waals surface area contributed by atoms with Crippen molar-refractivity contribution in [1.29, 1.82) is 0 Å². The Morgan fingerprint density at radius 1 is 1.24 bits per heavy atom. The molecule has 0 aliphatic heterocycles. The van der Waals surface area contributed by atoms with Gasteiger partial charge in [0.1, 0.15) is 0 Å². The van der Waals surface area contributed by atoms with Gasteiger partial charge < -0.3 is 15.7 Å². The van der Waals surface area contributed by atoms with Crippen LogP contribution in [-0.4, -0.2) is 29.6 Å². The highest BCUT2D eigenvalue weighted by molar-refractivity contribution is 6.41.